The number of hydrogen-bond donors (Lipinski definition) is 0. The van der Waals surface area contributed by atoms with Gasteiger partial charge in [-0.1, -0.05) is 19.1 Å². The molecule has 0 N–H and O–H groups in total. The van der Waals surface area contributed by atoms with Crippen LogP contribution in [0.1, 0.15) is 13.3 Å². The van der Waals surface area contributed by atoms with Gasteiger partial charge in [0.05, 0.1) is 7.14 Å². The summed E-state index contributed by atoms with van der Waals surface area (Å²) < 4.78 is 11.0. The molecule has 0 atom stereocenters. The minimum Gasteiger partial charge on any atom is -0.324 e. The molecule has 0 fully saturated rings. The van der Waals surface area contributed by atoms with Crippen LogP contribution in [0, 0.1) is 0 Å². The molecule has 0 heterocycles. The molecule has 0 aliphatic heterocycles. The number of hydrogen-bond acceptors (Lipinski definition) is 1. The monoisotopic (exact) mass is 146 g/mol. The summed E-state index contributed by atoms with van der Waals surface area (Å²) in [6, 6.07) is 0. The summed E-state index contributed by atoms with van der Waals surface area (Å²) >= 11 is 0. The summed E-state index contributed by atoms with van der Waals surface area (Å²) in [5, 5.41) is 0. The average Bonchev–Trinajstić information content (AvgIpc) is 1.63. The highest BCUT2D eigenvalue weighted by Gasteiger charge is 2.01. The van der Waals surface area contributed by atoms with E-state index in [1.165, 1.54) is 0 Å². The summed E-state index contributed by atoms with van der Waals surface area (Å²) in [7, 11) is -1.78. The van der Waals surface area contributed by atoms with Gasteiger partial charge in [0.15, 0.2) is 0 Å². The Bertz CT molecular complexity index is 132. The SMILES string of the molecule is CCC=CCP(C)(C)=O. The lowest BCUT2D eigenvalue weighted by atomic mass is 10.4. The Morgan fingerprint density at radius 1 is 1.33 bits per heavy atom. The van der Waals surface area contributed by atoms with Crippen LogP contribution in [-0.4, -0.2) is 19.5 Å². The van der Waals surface area contributed by atoms with Crippen molar-refractivity contribution in [1.82, 2.24) is 0 Å². The van der Waals surface area contributed by atoms with E-state index < -0.39 is 7.14 Å². The lowest BCUT2D eigenvalue weighted by Gasteiger charge is -1.98. The van der Waals surface area contributed by atoms with Gasteiger partial charge in [0, 0.05) is 6.16 Å². The molecule has 0 saturated heterocycles. The van der Waals surface area contributed by atoms with Crippen molar-refractivity contribution in [3.05, 3.63) is 12.2 Å². The Balaban J connectivity index is 3.51. The zero-order valence-corrected chi connectivity index (χ0v) is 7.32. The predicted octanol–water partition coefficient (Wildman–Crippen LogP) is 2.58. The van der Waals surface area contributed by atoms with Gasteiger partial charge in [-0.25, -0.2) is 0 Å². The van der Waals surface area contributed by atoms with Crippen molar-refractivity contribution in [3.8, 4) is 0 Å². The van der Waals surface area contributed by atoms with Crippen LogP contribution < -0.4 is 0 Å². The molecule has 0 aromatic carbocycles. The van der Waals surface area contributed by atoms with Gasteiger partial charge in [-0.2, -0.15) is 0 Å². The van der Waals surface area contributed by atoms with E-state index in [9.17, 15) is 4.57 Å². The fourth-order valence-corrected chi connectivity index (χ4v) is 1.15. The normalized spacial score (nSPS) is 12.8. The van der Waals surface area contributed by atoms with Gasteiger partial charge in [0.2, 0.25) is 0 Å². The maximum absolute atomic E-state index is 11.0. The second-order valence-electron chi connectivity index (χ2n) is 2.64. The highest BCUT2D eigenvalue weighted by molar-refractivity contribution is 7.62. The first-order valence-corrected chi connectivity index (χ1v) is 6.04. The van der Waals surface area contributed by atoms with Crippen molar-refractivity contribution in [3.63, 3.8) is 0 Å². The van der Waals surface area contributed by atoms with E-state index in [2.05, 4.69) is 13.0 Å². The summed E-state index contributed by atoms with van der Waals surface area (Å²) in [4.78, 5) is 0. The average molecular weight is 146 g/mol. The van der Waals surface area contributed by atoms with Crippen LogP contribution in [0.15, 0.2) is 12.2 Å². The van der Waals surface area contributed by atoms with E-state index in [0.717, 1.165) is 12.6 Å². The van der Waals surface area contributed by atoms with Gasteiger partial charge in [0.25, 0.3) is 0 Å². The first-order valence-electron chi connectivity index (χ1n) is 3.25. The van der Waals surface area contributed by atoms with Crippen LogP contribution >= 0.6 is 7.14 Å². The molecule has 0 aromatic heterocycles. The van der Waals surface area contributed by atoms with Gasteiger partial charge in [-0.05, 0) is 19.8 Å². The van der Waals surface area contributed by atoms with Gasteiger partial charge in [-0.15, -0.1) is 0 Å². The standard InChI is InChI=1S/C7H15OP/c1-4-5-6-7-9(2,3)8/h5-6H,4,7H2,1-3H3. The van der Waals surface area contributed by atoms with E-state index in [4.69, 9.17) is 0 Å². The zero-order chi connectivity index (χ0) is 7.33. The third-order valence-corrected chi connectivity index (χ3v) is 2.04. The van der Waals surface area contributed by atoms with E-state index in [1.54, 1.807) is 0 Å². The molecule has 0 rings (SSSR count). The Hall–Kier alpha value is -0.0300. The fraction of sp³-hybridized carbons (Fsp3) is 0.714. The quantitative estimate of drug-likeness (QED) is 0.441. The number of rotatable bonds is 3. The van der Waals surface area contributed by atoms with Crippen LogP contribution in [0.5, 0.6) is 0 Å². The largest absolute Gasteiger partial charge is 0.324 e. The lowest BCUT2D eigenvalue weighted by molar-refractivity contribution is 0.584. The van der Waals surface area contributed by atoms with Crippen LogP contribution in [0.4, 0.5) is 0 Å². The molecular weight excluding hydrogens is 131 g/mol. The molecule has 0 amide bonds. The lowest BCUT2D eigenvalue weighted by Crippen LogP contribution is -1.78. The molecule has 1 nitrogen and oxygen atoms in total. The minimum absolute atomic E-state index is 0.751. The third-order valence-electron chi connectivity index (χ3n) is 0.947. The second-order valence-corrected chi connectivity index (χ2v) is 6.15. The van der Waals surface area contributed by atoms with Crippen molar-refractivity contribution < 1.29 is 4.57 Å². The van der Waals surface area contributed by atoms with Gasteiger partial charge >= 0.3 is 0 Å². The minimum atomic E-state index is -1.78. The Morgan fingerprint density at radius 3 is 2.22 bits per heavy atom. The predicted molar refractivity (Wildman–Crippen MR) is 43.8 cm³/mol. The van der Waals surface area contributed by atoms with Crippen molar-refractivity contribution in [1.29, 1.82) is 0 Å². The first-order chi connectivity index (χ1) is 4.06. The third kappa shape index (κ3) is 7.97. The molecular formula is C7H15OP. The van der Waals surface area contributed by atoms with Crippen molar-refractivity contribution in [2.75, 3.05) is 19.5 Å². The van der Waals surface area contributed by atoms with E-state index in [0.29, 0.717) is 0 Å². The molecule has 9 heavy (non-hydrogen) atoms. The van der Waals surface area contributed by atoms with Crippen LogP contribution in [0.2, 0.25) is 0 Å². The van der Waals surface area contributed by atoms with Gasteiger partial charge < -0.3 is 4.57 Å². The topological polar surface area (TPSA) is 17.1 Å². The number of allylic oxidation sites excluding steroid dienone is 2. The van der Waals surface area contributed by atoms with Crippen LogP contribution in [0.25, 0.3) is 0 Å². The summed E-state index contributed by atoms with van der Waals surface area (Å²) in [5.74, 6) is 0. The first kappa shape index (κ1) is 8.97. The van der Waals surface area contributed by atoms with Gasteiger partial charge in [-0.3, -0.25) is 0 Å². The van der Waals surface area contributed by atoms with Crippen molar-refractivity contribution in [2.24, 2.45) is 0 Å². The Kier molecular flexibility index (Phi) is 3.88. The Morgan fingerprint density at radius 2 is 1.89 bits per heavy atom. The highest BCUT2D eigenvalue weighted by Crippen LogP contribution is 2.35. The molecule has 0 aromatic rings. The van der Waals surface area contributed by atoms with Gasteiger partial charge in [0.1, 0.15) is 0 Å². The maximum Gasteiger partial charge on any atom is 0.0854 e. The molecule has 0 aliphatic carbocycles. The van der Waals surface area contributed by atoms with Crippen molar-refractivity contribution >= 4 is 7.14 Å². The van der Waals surface area contributed by atoms with E-state index in [1.807, 2.05) is 19.4 Å². The highest BCUT2D eigenvalue weighted by atomic mass is 31.2. The Labute approximate surface area is 57.5 Å². The molecule has 0 saturated carbocycles. The van der Waals surface area contributed by atoms with Crippen LogP contribution in [-0.2, 0) is 4.57 Å². The second kappa shape index (κ2) is 3.90. The van der Waals surface area contributed by atoms with Crippen LogP contribution in [0.3, 0.4) is 0 Å². The molecule has 54 valence electrons. The molecule has 0 aliphatic rings. The molecule has 0 radical (unpaired) electrons. The maximum atomic E-state index is 11.0. The summed E-state index contributed by atoms with van der Waals surface area (Å²) in [6.45, 7) is 5.70. The molecule has 0 spiro atoms. The molecule has 2 heteroatoms. The smallest absolute Gasteiger partial charge is 0.0854 e. The summed E-state index contributed by atoms with van der Waals surface area (Å²) in [5.41, 5.74) is 0. The molecule has 0 bridgehead atoms. The van der Waals surface area contributed by atoms with E-state index in [-0.39, 0.29) is 0 Å². The van der Waals surface area contributed by atoms with Crippen molar-refractivity contribution in [2.45, 2.75) is 13.3 Å². The zero-order valence-electron chi connectivity index (χ0n) is 6.42. The summed E-state index contributed by atoms with van der Waals surface area (Å²) in [6.07, 6.45) is 5.85. The molecule has 0 unspecified atom stereocenters. The van der Waals surface area contributed by atoms with E-state index >= 15 is 0 Å². The fourth-order valence-electron chi connectivity index (χ4n) is 0.495.